The van der Waals surface area contributed by atoms with Crippen molar-refractivity contribution in [2.24, 2.45) is 0 Å². The lowest BCUT2D eigenvalue weighted by Crippen LogP contribution is -1.90. The summed E-state index contributed by atoms with van der Waals surface area (Å²) in [6.45, 7) is 1.91. The summed E-state index contributed by atoms with van der Waals surface area (Å²) in [6.07, 6.45) is 2.06. The second-order valence-electron chi connectivity index (χ2n) is 3.39. The van der Waals surface area contributed by atoms with Crippen LogP contribution in [0.4, 0.5) is 0 Å². The average molecular weight is 251 g/mol. The Bertz CT molecular complexity index is 477. The first-order valence-corrected chi connectivity index (χ1v) is 6.45. The molecule has 0 N–H and O–H groups in total. The van der Waals surface area contributed by atoms with Crippen LogP contribution in [0.3, 0.4) is 0 Å². The smallest absolute Gasteiger partial charge is 0.223 e. The van der Waals surface area contributed by atoms with E-state index in [0.29, 0.717) is 5.28 Å². The van der Waals surface area contributed by atoms with Gasteiger partial charge in [-0.3, -0.25) is 0 Å². The summed E-state index contributed by atoms with van der Waals surface area (Å²) >= 11 is 7.55. The van der Waals surface area contributed by atoms with E-state index in [4.69, 9.17) is 11.6 Å². The highest BCUT2D eigenvalue weighted by atomic mass is 35.5. The van der Waals surface area contributed by atoms with E-state index in [-0.39, 0.29) is 0 Å². The maximum Gasteiger partial charge on any atom is 0.223 e. The van der Waals surface area contributed by atoms with Gasteiger partial charge in [-0.15, -0.1) is 11.8 Å². The molecule has 0 fully saturated rings. The molecule has 0 bridgehead atoms. The van der Waals surface area contributed by atoms with Gasteiger partial charge in [-0.05, 0) is 43.0 Å². The van der Waals surface area contributed by atoms with E-state index in [1.165, 1.54) is 4.90 Å². The number of hydrogen-bond acceptors (Lipinski definition) is 3. The zero-order chi connectivity index (χ0) is 11.5. The lowest BCUT2D eigenvalue weighted by Gasteiger charge is -2.03. The molecule has 0 spiro atoms. The maximum atomic E-state index is 5.83. The molecule has 4 heteroatoms. The van der Waals surface area contributed by atoms with Crippen LogP contribution in [0.1, 0.15) is 5.69 Å². The molecule has 0 saturated carbocycles. The first kappa shape index (κ1) is 11.4. The number of benzene rings is 1. The highest BCUT2D eigenvalue weighted by Gasteiger charge is 2.03. The molecule has 16 heavy (non-hydrogen) atoms. The van der Waals surface area contributed by atoms with Gasteiger partial charge in [0.1, 0.15) is 0 Å². The number of thioether (sulfide) groups is 1. The molecule has 1 aromatic heterocycles. The molecule has 2 rings (SSSR count). The molecular formula is C12H11ClN2S. The number of hydrogen-bond donors (Lipinski definition) is 0. The second kappa shape index (κ2) is 4.85. The Morgan fingerprint density at radius 1 is 1.12 bits per heavy atom. The van der Waals surface area contributed by atoms with Crippen LogP contribution in [0, 0.1) is 6.92 Å². The van der Waals surface area contributed by atoms with Crippen molar-refractivity contribution in [3.05, 3.63) is 41.3 Å². The second-order valence-corrected chi connectivity index (χ2v) is 4.61. The van der Waals surface area contributed by atoms with Crippen LogP contribution in [0.25, 0.3) is 11.3 Å². The van der Waals surface area contributed by atoms with E-state index >= 15 is 0 Å². The molecule has 1 heterocycles. The first-order valence-electron chi connectivity index (χ1n) is 4.84. The minimum absolute atomic E-state index is 0.295. The normalized spacial score (nSPS) is 10.4. The summed E-state index contributed by atoms with van der Waals surface area (Å²) < 4.78 is 0. The van der Waals surface area contributed by atoms with E-state index in [1.807, 2.05) is 25.1 Å². The Morgan fingerprint density at radius 3 is 2.38 bits per heavy atom. The van der Waals surface area contributed by atoms with Gasteiger partial charge in [0.05, 0.1) is 5.69 Å². The highest BCUT2D eigenvalue weighted by Crippen LogP contribution is 2.22. The molecule has 0 aliphatic carbocycles. The molecule has 0 atom stereocenters. The van der Waals surface area contributed by atoms with Crippen LogP contribution in [-0.2, 0) is 0 Å². The molecule has 2 nitrogen and oxygen atoms in total. The number of nitrogens with zero attached hydrogens (tertiary/aromatic N) is 2. The molecule has 0 unspecified atom stereocenters. The van der Waals surface area contributed by atoms with E-state index < -0.39 is 0 Å². The topological polar surface area (TPSA) is 25.8 Å². The van der Waals surface area contributed by atoms with Gasteiger partial charge in [-0.2, -0.15) is 0 Å². The van der Waals surface area contributed by atoms with Gasteiger partial charge in [-0.1, -0.05) is 12.1 Å². The average Bonchev–Trinajstić information content (AvgIpc) is 2.28. The number of rotatable bonds is 2. The van der Waals surface area contributed by atoms with Crippen molar-refractivity contribution >= 4 is 23.4 Å². The molecule has 82 valence electrons. The fourth-order valence-corrected chi connectivity index (χ4v) is 2.07. The lowest BCUT2D eigenvalue weighted by molar-refractivity contribution is 1.11. The third-order valence-electron chi connectivity index (χ3n) is 2.21. The van der Waals surface area contributed by atoms with Crippen molar-refractivity contribution in [3.8, 4) is 11.3 Å². The number of aromatic nitrogens is 2. The fourth-order valence-electron chi connectivity index (χ4n) is 1.44. The summed E-state index contributed by atoms with van der Waals surface area (Å²) in [5.41, 5.74) is 2.80. The van der Waals surface area contributed by atoms with Crippen molar-refractivity contribution in [1.29, 1.82) is 0 Å². The van der Waals surface area contributed by atoms with Crippen LogP contribution in [0.5, 0.6) is 0 Å². The summed E-state index contributed by atoms with van der Waals surface area (Å²) in [4.78, 5) is 9.49. The standard InChI is InChI=1S/C12H11ClN2S/c1-8-7-11(15-12(13)14-8)9-3-5-10(16-2)6-4-9/h3-7H,1-2H3. The first-order chi connectivity index (χ1) is 7.69. The quantitative estimate of drug-likeness (QED) is 0.599. The number of halogens is 1. The Hall–Kier alpha value is -1.06. The Balaban J connectivity index is 2.42. The van der Waals surface area contributed by atoms with Crippen LogP contribution >= 0.6 is 23.4 Å². The zero-order valence-electron chi connectivity index (χ0n) is 9.07. The molecule has 0 aliphatic rings. The molecule has 0 radical (unpaired) electrons. The predicted molar refractivity (Wildman–Crippen MR) is 69.0 cm³/mol. The van der Waals surface area contributed by atoms with Crippen molar-refractivity contribution in [2.45, 2.75) is 11.8 Å². The third-order valence-corrected chi connectivity index (χ3v) is 3.13. The van der Waals surface area contributed by atoms with Gasteiger partial charge in [-0.25, -0.2) is 9.97 Å². The monoisotopic (exact) mass is 250 g/mol. The van der Waals surface area contributed by atoms with Gasteiger partial charge < -0.3 is 0 Å². The van der Waals surface area contributed by atoms with Crippen molar-refractivity contribution in [1.82, 2.24) is 9.97 Å². The predicted octanol–water partition coefficient (Wildman–Crippen LogP) is 3.83. The SMILES string of the molecule is CSc1ccc(-c2cc(C)nc(Cl)n2)cc1. The van der Waals surface area contributed by atoms with E-state index in [1.54, 1.807) is 11.8 Å². The van der Waals surface area contributed by atoms with Gasteiger partial charge in [0.15, 0.2) is 0 Å². The van der Waals surface area contributed by atoms with Crippen LogP contribution < -0.4 is 0 Å². The minimum atomic E-state index is 0.295. The van der Waals surface area contributed by atoms with Crippen LogP contribution in [0.2, 0.25) is 5.28 Å². The fraction of sp³-hybridized carbons (Fsp3) is 0.167. The van der Waals surface area contributed by atoms with Gasteiger partial charge in [0.2, 0.25) is 5.28 Å². The summed E-state index contributed by atoms with van der Waals surface area (Å²) in [7, 11) is 0. The van der Waals surface area contributed by atoms with Crippen molar-refractivity contribution < 1.29 is 0 Å². The molecular weight excluding hydrogens is 240 g/mol. The molecule has 2 aromatic rings. The Morgan fingerprint density at radius 2 is 1.81 bits per heavy atom. The van der Waals surface area contributed by atoms with Crippen LogP contribution in [-0.4, -0.2) is 16.2 Å². The Kier molecular flexibility index (Phi) is 3.46. The van der Waals surface area contributed by atoms with Crippen molar-refractivity contribution in [2.75, 3.05) is 6.26 Å². The van der Waals surface area contributed by atoms with Crippen LogP contribution in [0.15, 0.2) is 35.2 Å². The minimum Gasteiger partial charge on any atom is -0.223 e. The van der Waals surface area contributed by atoms with E-state index in [9.17, 15) is 0 Å². The summed E-state index contributed by atoms with van der Waals surface area (Å²) in [5, 5.41) is 0.295. The summed E-state index contributed by atoms with van der Waals surface area (Å²) in [5.74, 6) is 0. The molecule has 1 aromatic carbocycles. The van der Waals surface area contributed by atoms with Gasteiger partial charge in [0.25, 0.3) is 0 Å². The number of aryl methyl sites for hydroxylation is 1. The molecule has 0 aliphatic heterocycles. The Labute approximate surface area is 104 Å². The van der Waals surface area contributed by atoms with Gasteiger partial charge >= 0.3 is 0 Å². The van der Waals surface area contributed by atoms with Crippen molar-refractivity contribution in [3.63, 3.8) is 0 Å². The molecule has 0 amide bonds. The van der Waals surface area contributed by atoms with E-state index in [2.05, 4.69) is 28.4 Å². The zero-order valence-corrected chi connectivity index (χ0v) is 10.6. The summed E-state index contributed by atoms with van der Waals surface area (Å²) in [6, 6.07) is 10.2. The molecule has 0 saturated heterocycles. The van der Waals surface area contributed by atoms with E-state index in [0.717, 1.165) is 17.0 Å². The lowest BCUT2D eigenvalue weighted by atomic mass is 10.1. The highest BCUT2D eigenvalue weighted by molar-refractivity contribution is 7.98. The maximum absolute atomic E-state index is 5.83. The van der Waals surface area contributed by atoms with Gasteiger partial charge in [0, 0.05) is 16.2 Å². The largest absolute Gasteiger partial charge is 0.223 e. The third kappa shape index (κ3) is 2.54.